The van der Waals surface area contributed by atoms with Crippen LogP contribution in [0.15, 0.2) is 17.5 Å². The summed E-state index contributed by atoms with van der Waals surface area (Å²) in [6.07, 6.45) is 3.40. The van der Waals surface area contributed by atoms with Crippen LogP contribution in [-0.2, 0) is 6.42 Å². The topological polar surface area (TPSA) is 53.4 Å². The lowest BCUT2D eigenvalue weighted by Crippen LogP contribution is -2.21. The van der Waals surface area contributed by atoms with Crippen molar-refractivity contribution in [3.63, 3.8) is 0 Å². The molecule has 1 N–H and O–H groups in total. The van der Waals surface area contributed by atoms with Crippen LogP contribution in [0.25, 0.3) is 10.6 Å². The number of carboxylic acid groups (broad SMARTS) is 1. The van der Waals surface area contributed by atoms with E-state index in [4.69, 9.17) is 0 Å². The first-order valence-electron chi connectivity index (χ1n) is 6.73. The Labute approximate surface area is 125 Å². The minimum absolute atomic E-state index is 0.365. The number of hydrogen-bond acceptors (Lipinski definition) is 5. The van der Waals surface area contributed by atoms with Gasteiger partial charge in [0, 0.05) is 13.0 Å². The third-order valence-corrected chi connectivity index (χ3v) is 5.44. The number of aromatic nitrogens is 1. The van der Waals surface area contributed by atoms with E-state index in [1.807, 2.05) is 17.5 Å². The van der Waals surface area contributed by atoms with Gasteiger partial charge >= 0.3 is 5.97 Å². The monoisotopic (exact) mass is 308 g/mol. The molecule has 0 amide bonds. The van der Waals surface area contributed by atoms with E-state index in [2.05, 4.69) is 9.88 Å². The van der Waals surface area contributed by atoms with Crippen molar-refractivity contribution in [2.24, 2.45) is 0 Å². The maximum atomic E-state index is 11.4. The number of carbonyl (C=O) groups is 1. The number of nitrogens with zero attached hydrogens (tertiary/aromatic N) is 2. The molecule has 3 heterocycles. The SMILES string of the molecule is O=C(O)c1sc(CCN2CCCC2)nc1-c1cccs1. The largest absolute Gasteiger partial charge is 0.477 e. The Kier molecular flexibility index (Phi) is 4.14. The van der Waals surface area contributed by atoms with Gasteiger partial charge in [0.25, 0.3) is 0 Å². The van der Waals surface area contributed by atoms with Gasteiger partial charge in [0.15, 0.2) is 0 Å². The van der Waals surface area contributed by atoms with E-state index in [0.29, 0.717) is 10.6 Å². The highest BCUT2D eigenvalue weighted by atomic mass is 32.1. The van der Waals surface area contributed by atoms with Crippen molar-refractivity contribution in [1.82, 2.24) is 9.88 Å². The lowest BCUT2D eigenvalue weighted by Gasteiger charge is -2.12. The Balaban J connectivity index is 1.78. The summed E-state index contributed by atoms with van der Waals surface area (Å²) in [6, 6.07) is 3.85. The molecule has 2 aromatic heterocycles. The van der Waals surface area contributed by atoms with Crippen molar-refractivity contribution in [2.75, 3.05) is 19.6 Å². The minimum Gasteiger partial charge on any atom is -0.477 e. The predicted molar refractivity (Wildman–Crippen MR) is 81.8 cm³/mol. The smallest absolute Gasteiger partial charge is 0.348 e. The molecule has 0 atom stereocenters. The maximum absolute atomic E-state index is 11.4. The van der Waals surface area contributed by atoms with E-state index in [9.17, 15) is 9.90 Å². The molecule has 0 unspecified atom stereocenters. The molecule has 0 spiro atoms. The van der Waals surface area contributed by atoms with E-state index in [0.717, 1.165) is 35.9 Å². The molecule has 1 aliphatic rings. The summed E-state index contributed by atoms with van der Waals surface area (Å²) in [6.45, 7) is 3.31. The van der Waals surface area contributed by atoms with Crippen LogP contribution in [0.1, 0.15) is 27.5 Å². The number of carboxylic acids is 1. The van der Waals surface area contributed by atoms with E-state index in [1.54, 1.807) is 0 Å². The molecule has 1 aliphatic heterocycles. The van der Waals surface area contributed by atoms with Gasteiger partial charge in [-0.15, -0.1) is 22.7 Å². The van der Waals surface area contributed by atoms with Crippen molar-refractivity contribution in [1.29, 1.82) is 0 Å². The Morgan fingerprint density at radius 2 is 2.20 bits per heavy atom. The molecular formula is C14H16N2O2S2. The molecule has 0 radical (unpaired) electrons. The molecule has 6 heteroatoms. The van der Waals surface area contributed by atoms with E-state index < -0.39 is 5.97 Å². The number of rotatable bonds is 5. The summed E-state index contributed by atoms with van der Waals surface area (Å²) in [5.41, 5.74) is 0.633. The molecular weight excluding hydrogens is 292 g/mol. The highest BCUT2D eigenvalue weighted by molar-refractivity contribution is 7.16. The van der Waals surface area contributed by atoms with Gasteiger partial charge in [0.1, 0.15) is 10.6 Å². The van der Waals surface area contributed by atoms with Gasteiger partial charge in [-0.05, 0) is 37.4 Å². The van der Waals surface area contributed by atoms with Gasteiger partial charge in [-0.25, -0.2) is 9.78 Å². The molecule has 106 valence electrons. The van der Waals surface area contributed by atoms with Gasteiger partial charge in [-0.2, -0.15) is 0 Å². The predicted octanol–water partition coefficient (Wildman–Crippen LogP) is 3.21. The van der Waals surface area contributed by atoms with Crippen LogP contribution in [0.3, 0.4) is 0 Å². The number of aromatic carboxylic acids is 1. The fourth-order valence-corrected chi connectivity index (χ4v) is 4.15. The van der Waals surface area contributed by atoms with Crippen LogP contribution < -0.4 is 0 Å². The quantitative estimate of drug-likeness (QED) is 0.921. The summed E-state index contributed by atoms with van der Waals surface area (Å²) in [4.78, 5) is 19.6. The Bertz CT molecular complexity index is 586. The zero-order valence-corrected chi connectivity index (χ0v) is 12.7. The molecule has 0 aromatic carbocycles. The summed E-state index contributed by atoms with van der Waals surface area (Å²) >= 11 is 2.85. The molecule has 0 bridgehead atoms. The van der Waals surface area contributed by atoms with Crippen LogP contribution in [0.4, 0.5) is 0 Å². The van der Waals surface area contributed by atoms with Crippen molar-refractivity contribution >= 4 is 28.6 Å². The van der Waals surface area contributed by atoms with Gasteiger partial charge in [0.05, 0.1) is 9.88 Å². The summed E-state index contributed by atoms with van der Waals surface area (Å²) in [5.74, 6) is -0.877. The van der Waals surface area contributed by atoms with Gasteiger partial charge in [-0.3, -0.25) is 0 Å². The summed E-state index contributed by atoms with van der Waals surface area (Å²) in [5, 5.41) is 12.2. The minimum atomic E-state index is -0.877. The third kappa shape index (κ3) is 2.92. The maximum Gasteiger partial charge on any atom is 0.348 e. The van der Waals surface area contributed by atoms with Crippen LogP contribution in [0.5, 0.6) is 0 Å². The second kappa shape index (κ2) is 6.03. The van der Waals surface area contributed by atoms with E-state index >= 15 is 0 Å². The normalized spacial score (nSPS) is 15.8. The molecule has 2 aromatic rings. The van der Waals surface area contributed by atoms with Crippen LogP contribution in [-0.4, -0.2) is 40.6 Å². The fourth-order valence-electron chi connectivity index (χ4n) is 2.46. The van der Waals surface area contributed by atoms with Crippen molar-refractivity contribution in [2.45, 2.75) is 19.3 Å². The van der Waals surface area contributed by atoms with Gasteiger partial charge < -0.3 is 10.0 Å². The first-order chi connectivity index (χ1) is 9.74. The van der Waals surface area contributed by atoms with E-state index in [-0.39, 0.29) is 0 Å². The molecule has 4 nitrogen and oxygen atoms in total. The van der Waals surface area contributed by atoms with Crippen LogP contribution >= 0.6 is 22.7 Å². The number of likely N-dealkylation sites (tertiary alicyclic amines) is 1. The first-order valence-corrected chi connectivity index (χ1v) is 8.43. The number of thiazole rings is 1. The van der Waals surface area contributed by atoms with Gasteiger partial charge in [-0.1, -0.05) is 6.07 Å². The summed E-state index contributed by atoms with van der Waals surface area (Å²) in [7, 11) is 0. The zero-order chi connectivity index (χ0) is 13.9. The van der Waals surface area contributed by atoms with Gasteiger partial charge in [0.2, 0.25) is 0 Å². The lowest BCUT2D eigenvalue weighted by molar-refractivity contribution is 0.0703. The Hall–Kier alpha value is -1.24. The zero-order valence-electron chi connectivity index (χ0n) is 11.0. The number of hydrogen-bond donors (Lipinski definition) is 1. The third-order valence-electron chi connectivity index (χ3n) is 3.46. The molecule has 3 rings (SSSR count). The standard InChI is InChI=1S/C14H16N2O2S2/c17-14(18)13-12(10-4-3-9-19-10)15-11(20-13)5-8-16-6-1-2-7-16/h3-4,9H,1-2,5-8H2,(H,17,18). The van der Waals surface area contributed by atoms with Crippen LogP contribution in [0, 0.1) is 0 Å². The molecule has 1 saturated heterocycles. The average molecular weight is 308 g/mol. The highest BCUT2D eigenvalue weighted by Gasteiger charge is 2.20. The fraction of sp³-hybridized carbons (Fsp3) is 0.429. The highest BCUT2D eigenvalue weighted by Crippen LogP contribution is 2.31. The molecule has 1 fully saturated rings. The Morgan fingerprint density at radius 3 is 2.85 bits per heavy atom. The first kappa shape index (κ1) is 13.7. The average Bonchev–Trinajstić information content (AvgIpc) is 3.17. The summed E-state index contributed by atoms with van der Waals surface area (Å²) < 4.78 is 0. The molecule has 0 saturated carbocycles. The van der Waals surface area contributed by atoms with Crippen molar-refractivity contribution in [3.8, 4) is 10.6 Å². The molecule has 0 aliphatic carbocycles. The second-order valence-corrected chi connectivity index (χ2v) is 6.90. The van der Waals surface area contributed by atoms with Crippen molar-refractivity contribution < 1.29 is 9.90 Å². The second-order valence-electron chi connectivity index (χ2n) is 4.87. The van der Waals surface area contributed by atoms with E-state index in [1.165, 1.54) is 35.5 Å². The van der Waals surface area contributed by atoms with Crippen LogP contribution in [0.2, 0.25) is 0 Å². The van der Waals surface area contributed by atoms with Crippen molar-refractivity contribution in [3.05, 3.63) is 27.4 Å². The molecule has 20 heavy (non-hydrogen) atoms. The lowest BCUT2D eigenvalue weighted by atomic mass is 10.3. The number of thiophene rings is 1. The Morgan fingerprint density at radius 1 is 1.40 bits per heavy atom.